The fourth-order valence-corrected chi connectivity index (χ4v) is 3.01. The summed E-state index contributed by atoms with van der Waals surface area (Å²) in [4.78, 5) is 13.2. The van der Waals surface area contributed by atoms with Gasteiger partial charge in [0.1, 0.15) is 5.75 Å². The summed E-state index contributed by atoms with van der Waals surface area (Å²) < 4.78 is 5.08. The Morgan fingerprint density at radius 3 is 2.45 bits per heavy atom. The Balaban J connectivity index is 1.99. The van der Waals surface area contributed by atoms with Gasteiger partial charge < -0.3 is 10.1 Å². The van der Waals surface area contributed by atoms with Crippen molar-refractivity contribution in [2.75, 3.05) is 12.4 Å². The second-order valence-electron chi connectivity index (χ2n) is 4.55. The molecule has 1 N–H and O–H groups in total. The Labute approximate surface area is 144 Å². The maximum atomic E-state index is 12.2. The van der Waals surface area contributed by atoms with Crippen molar-refractivity contribution in [2.45, 2.75) is 17.1 Å². The zero-order valence-corrected chi connectivity index (χ0v) is 14.4. The first-order valence-corrected chi connectivity index (χ1v) is 8.20. The van der Waals surface area contributed by atoms with E-state index in [1.54, 1.807) is 37.4 Å². The molecule has 0 heterocycles. The number of carbonyl (C=O) groups is 1. The minimum atomic E-state index is -0.248. The highest BCUT2D eigenvalue weighted by atomic mass is 35.5. The number of thioether (sulfide) groups is 1. The molecule has 0 aliphatic rings. The molecule has 0 saturated heterocycles. The van der Waals surface area contributed by atoms with E-state index in [9.17, 15) is 4.79 Å². The van der Waals surface area contributed by atoms with Gasteiger partial charge in [-0.2, -0.15) is 0 Å². The molecule has 2 aromatic rings. The molecule has 0 fully saturated rings. The summed E-state index contributed by atoms with van der Waals surface area (Å²) in [6, 6.07) is 12.5. The summed E-state index contributed by atoms with van der Waals surface area (Å²) in [6.07, 6.45) is 0. The minimum absolute atomic E-state index is 0.0961. The number of hydrogen-bond acceptors (Lipinski definition) is 3. The monoisotopic (exact) mass is 355 g/mol. The normalized spacial score (nSPS) is 11.8. The molecular weight excluding hydrogens is 341 g/mol. The standard InChI is InChI=1S/C16H15Cl2NO2S/c1-10(22-13-6-3-11(17)4-7-13)16(20)19-12-5-8-15(21-2)14(18)9-12/h3-10H,1-2H3,(H,19,20)/t10-/m1/s1. The van der Waals surface area contributed by atoms with Gasteiger partial charge in [-0.25, -0.2) is 0 Å². The van der Waals surface area contributed by atoms with Crippen LogP contribution in [-0.4, -0.2) is 18.3 Å². The molecule has 0 aromatic heterocycles. The summed E-state index contributed by atoms with van der Waals surface area (Å²) in [7, 11) is 1.55. The maximum absolute atomic E-state index is 12.2. The van der Waals surface area contributed by atoms with Crippen LogP contribution < -0.4 is 10.1 Å². The average Bonchev–Trinajstić information content (AvgIpc) is 2.49. The predicted molar refractivity (Wildman–Crippen MR) is 93.4 cm³/mol. The van der Waals surface area contributed by atoms with Crippen LogP contribution in [0, 0.1) is 0 Å². The van der Waals surface area contributed by atoms with E-state index in [2.05, 4.69) is 5.32 Å². The Kier molecular flexibility index (Phi) is 6.00. The van der Waals surface area contributed by atoms with Gasteiger partial charge in [0.05, 0.1) is 17.4 Å². The maximum Gasteiger partial charge on any atom is 0.237 e. The van der Waals surface area contributed by atoms with Crippen LogP contribution in [0.2, 0.25) is 10.0 Å². The number of ether oxygens (including phenoxy) is 1. The first kappa shape index (κ1) is 17.0. The summed E-state index contributed by atoms with van der Waals surface area (Å²) in [5.74, 6) is 0.476. The fraction of sp³-hybridized carbons (Fsp3) is 0.188. The number of methoxy groups -OCH3 is 1. The number of benzene rings is 2. The first-order valence-electron chi connectivity index (χ1n) is 6.56. The molecule has 0 aliphatic carbocycles. The number of amides is 1. The van der Waals surface area contributed by atoms with E-state index in [0.717, 1.165) is 4.90 Å². The topological polar surface area (TPSA) is 38.3 Å². The van der Waals surface area contributed by atoms with Crippen molar-refractivity contribution < 1.29 is 9.53 Å². The first-order chi connectivity index (χ1) is 10.5. The zero-order chi connectivity index (χ0) is 16.1. The Bertz CT molecular complexity index is 662. The molecule has 0 saturated carbocycles. The van der Waals surface area contributed by atoms with E-state index >= 15 is 0 Å². The summed E-state index contributed by atoms with van der Waals surface area (Å²) in [5.41, 5.74) is 0.638. The van der Waals surface area contributed by atoms with E-state index in [4.69, 9.17) is 27.9 Å². The summed E-state index contributed by atoms with van der Waals surface area (Å²) in [5, 5.41) is 3.72. The molecule has 6 heteroatoms. The van der Waals surface area contributed by atoms with Crippen molar-refractivity contribution in [3.63, 3.8) is 0 Å². The molecule has 1 amide bonds. The van der Waals surface area contributed by atoms with Crippen molar-refractivity contribution in [1.29, 1.82) is 0 Å². The summed E-state index contributed by atoms with van der Waals surface area (Å²) >= 11 is 13.4. The van der Waals surface area contributed by atoms with Crippen molar-refractivity contribution in [2.24, 2.45) is 0 Å². The number of rotatable bonds is 5. The second-order valence-corrected chi connectivity index (χ2v) is 6.81. The van der Waals surface area contributed by atoms with Crippen molar-refractivity contribution >= 4 is 46.6 Å². The Morgan fingerprint density at radius 1 is 1.18 bits per heavy atom. The van der Waals surface area contributed by atoms with Gasteiger partial charge in [0, 0.05) is 15.6 Å². The van der Waals surface area contributed by atoms with Crippen LogP contribution in [0.1, 0.15) is 6.92 Å². The molecule has 116 valence electrons. The van der Waals surface area contributed by atoms with E-state index < -0.39 is 0 Å². The largest absolute Gasteiger partial charge is 0.495 e. The zero-order valence-electron chi connectivity index (χ0n) is 12.1. The number of carbonyl (C=O) groups excluding carboxylic acids is 1. The van der Waals surface area contributed by atoms with E-state index in [-0.39, 0.29) is 11.2 Å². The van der Waals surface area contributed by atoms with Gasteiger partial charge in [-0.3, -0.25) is 4.79 Å². The van der Waals surface area contributed by atoms with E-state index in [1.807, 2.05) is 19.1 Å². The molecular formula is C16H15Cl2NO2S. The van der Waals surface area contributed by atoms with Gasteiger partial charge in [-0.05, 0) is 49.4 Å². The van der Waals surface area contributed by atoms with Crippen molar-refractivity contribution in [3.8, 4) is 5.75 Å². The predicted octanol–water partition coefficient (Wildman–Crippen LogP) is 5.12. The smallest absolute Gasteiger partial charge is 0.237 e. The molecule has 22 heavy (non-hydrogen) atoms. The molecule has 0 bridgehead atoms. The molecule has 0 aliphatic heterocycles. The van der Waals surface area contributed by atoms with Crippen LogP contribution in [0.3, 0.4) is 0 Å². The number of nitrogens with one attached hydrogen (secondary N) is 1. The van der Waals surface area contributed by atoms with Gasteiger partial charge >= 0.3 is 0 Å². The lowest BCUT2D eigenvalue weighted by atomic mass is 10.3. The SMILES string of the molecule is COc1ccc(NC(=O)[C@@H](C)Sc2ccc(Cl)cc2)cc1Cl. The fourth-order valence-electron chi connectivity index (χ4n) is 1.76. The lowest BCUT2D eigenvalue weighted by Gasteiger charge is -2.13. The van der Waals surface area contributed by atoms with Crippen molar-refractivity contribution in [3.05, 3.63) is 52.5 Å². The van der Waals surface area contributed by atoms with Gasteiger partial charge in [0.2, 0.25) is 5.91 Å². The highest BCUT2D eigenvalue weighted by molar-refractivity contribution is 8.00. The second kappa shape index (κ2) is 7.77. The third-order valence-corrected chi connectivity index (χ3v) is 4.57. The minimum Gasteiger partial charge on any atom is -0.495 e. The van der Waals surface area contributed by atoms with Gasteiger partial charge in [-0.1, -0.05) is 23.2 Å². The highest BCUT2D eigenvalue weighted by Gasteiger charge is 2.15. The van der Waals surface area contributed by atoms with Gasteiger partial charge in [-0.15, -0.1) is 11.8 Å². The van der Waals surface area contributed by atoms with Gasteiger partial charge in [0.15, 0.2) is 0 Å². The quantitative estimate of drug-likeness (QED) is 0.756. The third kappa shape index (κ3) is 4.57. The molecule has 1 atom stereocenters. The number of hydrogen-bond donors (Lipinski definition) is 1. The third-order valence-electron chi connectivity index (χ3n) is 2.92. The van der Waals surface area contributed by atoms with E-state index in [1.165, 1.54) is 11.8 Å². The van der Waals surface area contributed by atoms with Crippen LogP contribution in [0.5, 0.6) is 5.75 Å². The highest BCUT2D eigenvalue weighted by Crippen LogP contribution is 2.29. The lowest BCUT2D eigenvalue weighted by molar-refractivity contribution is -0.115. The van der Waals surface area contributed by atoms with Crippen LogP contribution in [-0.2, 0) is 4.79 Å². The molecule has 2 rings (SSSR count). The lowest BCUT2D eigenvalue weighted by Crippen LogP contribution is -2.22. The molecule has 0 unspecified atom stereocenters. The molecule has 0 radical (unpaired) electrons. The Hall–Kier alpha value is -1.36. The number of anilines is 1. The molecule has 3 nitrogen and oxygen atoms in total. The van der Waals surface area contributed by atoms with Crippen LogP contribution >= 0.6 is 35.0 Å². The van der Waals surface area contributed by atoms with E-state index in [0.29, 0.717) is 21.5 Å². The van der Waals surface area contributed by atoms with Crippen molar-refractivity contribution in [1.82, 2.24) is 0 Å². The number of halogens is 2. The summed E-state index contributed by atoms with van der Waals surface area (Å²) in [6.45, 7) is 1.85. The van der Waals surface area contributed by atoms with Gasteiger partial charge in [0.25, 0.3) is 0 Å². The molecule has 0 spiro atoms. The molecule has 2 aromatic carbocycles. The van der Waals surface area contributed by atoms with Crippen LogP contribution in [0.15, 0.2) is 47.4 Å². The van der Waals surface area contributed by atoms with Crippen LogP contribution in [0.4, 0.5) is 5.69 Å². The van der Waals surface area contributed by atoms with Crippen LogP contribution in [0.25, 0.3) is 0 Å². The Morgan fingerprint density at radius 2 is 1.86 bits per heavy atom. The average molecular weight is 356 g/mol.